The van der Waals surface area contributed by atoms with E-state index in [1.54, 1.807) is 24.3 Å². The van der Waals surface area contributed by atoms with Gasteiger partial charge in [0.2, 0.25) is 0 Å². The third-order valence-corrected chi connectivity index (χ3v) is 6.71. The lowest BCUT2D eigenvalue weighted by Gasteiger charge is -2.27. The Labute approximate surface area is 176 Å². The number of unbranched alkanes of at least 4 members (excludes halogenated alkanes) is 2. The molecule has 0 unspecified atom stereocenters. The number of nitrogens with one attached hydrogen (secondary N) is 1. The minimum atomic E-state index is -3.22. The molecule has 0 atom stereocenters. The van der Waals surface area contributed by atoms with Crippen LogP contribution in [0.4, 0.5) is 4.79 Å². The molecular weight excluding hydrogens is 390 g/mol. The molecule has 1 aromatic rings. The fourth-order valence-electron chi connectivity index (χ4n) is 3.05. The van der Waals surface area contributed by atoms with Gasteiger partial charge in [-0.05, 0) is 51.9 Å². The van der Waals surface area contributed by atoms with Gasteiger partial charge in [0.25, 0.3) is 0 Å². The summed E-state index contributed by atoms with van der Waals surface area (Å²) >= 11 is 0. The number of carbonyl (C=O) groups excluding carboxylic acids is 1. The largest absolute Gasteiger partial charge is 0.412 e. The number of likely N-dealkylation sites (N-methyl/N-ethyl adjacent to an activating group) is 1. The average molecular weight is 430 g/mol. The van der Waals surface area contributed by atoms with Crippen LogP contribution in [0.1, 0.15) is 47.0 Å². The topological polar surface area (TPSA) is 101 Å². The van der Waals surface area contributed by atoms with E-state index in [4.69, 9.17) is 0 Å². The van der Waals surface area contributed by atoms with E-state index < -0.39 is 9.84 Å². The predicted octanol–water partition coefficient (Wildman–Crippen LogP) is 2.57. The van der Waals surface area contributed by atoms with Crippen LogP contribution < -0.4 is 5.32 Å². The van der Waals surface area contributed by atoms with Crippen LogP contribution in [0.15, 0.2) is 35.2 Å². The molecule has 0 saturated carbocycles. The lowest BCUT2D eigenvalue weighted by molar-refractivity contribution is 0.179. The zero-order valence-corrected chi connectivity index (χ0v) is 19.2. The highest BCUT2D eigenvalue weighted by Crippen LogP contribution is 2.13. The highest BCUT2D eigenvalue weighted by Gasteiger charge is 2.17. The predicted molar refractivity (Wildman–Crippen MR) is 119 cm³/mol. The third kappa shape index (κ3) is 10.1. The second-order valence-electron chi connectivity index (χ2n) is 7.24. The standard InChI is InChI=1S/C21H37N3O3S.H2O/c1-5-23(6-2)17-15-22-21(25)24(19(3)4)16-11-8-12-18-28(26,27)20-13-9-7-10-14-20;/h7,9-10,13-14,19H,5-6,8,11-12,15-18H2,1-4H3,(H,22,25);1H2. The molecule has 168 valence electrons. The summed E-state index contributed by atoms with van der Waals surface area (Å²) in [5, 5.41) is 3.00. The molecule has 0 aromatic heterocycles. The van der Waals surface area contributed by atoms with Crippen LogP contribution in [-0.2, 0) is 9.84 Å². The first-order chi connectivity index (χ1) is 13.3. The maximum Gasteiger partial charge on any atom is 0.317 e. The second kappa shape index (κ2) is 14.4. The number of benzene rings is 1. The first kappa shape index (κ1) is 27.4. The van der Waals surface area contributed by atoms with Gasteiger partial charge in [0.1, 0.15) is 0 Å². The van der Waals surface area contributed by atoms with Gasteiger partial charge in [-0.15, -0.1) is 0 Å². The summed E-state index contributed by atoms with van der Waals surface area (Å²) in [5.41, 5.74) is 0. The van der Waals surface area contributed by atoms with Crippen molar-refractivity contribution in [3.63, 3.8) is 0 Å². The van der Waals surface area contributed by atoms with Crippen LogP contribution in [0.5, 0.6) is 0 Å². The Bertz CT molecular complexity index is 662. The summed E-state index contributed by atoms with van der Waals surface area (Å²) in [6, 6.07) is 8.64. The minimum Gasteiger partial charge on any atom is -0.412 e. The molecule has 0 bridgehead atoms. The quantitative estimate of drug-likeness (QED) is 0.487. The van der Waals surface area contributed by atoms with Gasteiger partial charge in [-0.25, -0.2) is 13.2 Å². The number of hydrogen-bond acceptors (Lipinski definition) is 4. The van der Waals surface area contributed by atoms with Gasteiger partial charge < -0.3 is 20.6 Å². The van der Waals surface area contributed by atoms with E-state index >= 15 is 0 Å². The van der Waals surface area contributed by atoms with Gasteiger partial charge in [-0.1, -0.05) is 38.5 Å². The molecule has 0 spiro atoms. The fraction of sp³-hybridized carbons (Fsp3) is 0.667. The van der Waals surface area contributed by atoms with E-state index in [1.807, 2.05) is 24.8 Å². The van der Waals surface area contributed by atoms with E-state index in [2.05, 4.69) is 24.1 Å². The number of rotatable bonds is 13. The van der Waals surface area contributed by atoms with E-state index in [1.165, 1.54) is 0 Å². The maximum absolute atomic E-state index is 12.5. The maximum atomic E-state index is 12.5. The normalized spacial score (nSPS) is 11.4. The lowest BCUT2D eigenvalue weighted by atomic mass is 10.2. The Morgan fingerprint density at radius 2 is 1.62 bits per heavy atom. The van der Waals surface area contributed by atoms with Crippen molar-refractivity contribution in [3.05, 3.63) is 30.3 Å². The first-order valence-corrected chi connectivity index (χ1v) is 12.0. The van der Waals surface area contributed by atoms with Crippen molar-refractivity contribution in [1.29, 1.82) is 0 Å². The van der Waals surface area contributed by atoms with Crippen molar-refractivity contribution in [1.82, 2.24) is 15.1 Å². The smallest absolute Gasteiger partial charge is 0.317 e. The van der Waals surface area contributed by atoms with Crippen molar-refractivity contribution in [2.75, 3.05) is 38.5 Å². The van der Waals surface area contributed by atoms with Gasteiger partial charge in [0.15, 0.2) is 9.84 Å². The van der Waals surface area contributed by atoms with Crippen LogP contribution >= 0.6 is 0 Å². The number of sulfone groups is 1. The molecule has 0 aliphatic carbocycles. The van der Waals surface area contributed by atoms with Crippen LogP contribution in [0.25, 0.3) is 0 Å². The van der Waals surface area contributed by atoms with Gasteiger partial charge in [-0.2, -0.15) is 0 Å². The molecule has 0 fully saturated rings. The van der Waals surface area contributed by atoms with Crippen LogP contribution in [0, 0.1) is 0 Å². The molecule has 8 heteroatoms. The van der Waals surface area contributed by atoms with Gasteiger partial charge in [0, 0.05) is 25.7 Å². The highest BCUT2D eigenvalue weighted by molar-refractivity contribution is 7.91. The summed E-state index contributed by atoms with van der Waals surface area (Å²) in [5.74, 6) is 0.148. The Hall–Kier alpha value is -1.64. The minimum absolute atomic E-state index is 0. The lowest BCUT2D eigenvalue weighted by Crippen LogP contribution is -2.46. The van der Waals surface area contributed by atoms with Crippen molar-refractivity contribution < 1.29 is 18.7 Å². The number of nitrogens with zero attached hydrogens (tertiary/aromatic N) is 2. The molecule has 1 aromatic carbocycles. The van der Waals surface area contributed by atoms with Crippen molar-refractivity contribution >= 4 is 15.9 Å². The summed E-state index contributed by atoms with van der Waals surface area (Å²) in [4.78, 5) is 16.9. The van der Waals surface area contributed by atoms with E-state index in [0.717, 1.165) is 32.5 Å². The molecule has 0 saturated heterocycles. The molecule has 0 aliphatic heterocycles. The molecule has 29 heavy (non-hydrogen) atoms. The molecule has 1 rings (SSSR count). The third-order valence-electron chi connectivity index (χ3n) is 4.90. The molecule has 2 amide bonds. The Balaban J connectivity index is 0.00000784. The zero-order valence-electron chi connectivity index (χ0n) is 18.4. The van der Waals surface area contributed by atoms with Crippen LogP contribution in [-0.4, -0.2) is 74.2 Å². The Morgan fingerprint density at radius 3 is 2.17 bits per heavy atom. The highest BCUT2D eigenvalue weighted by atomic mass is 32.2. The molecule has 3 N–H and O–H groups in total. The van der Waals surface area contributed by atoms with Gasteiger partial charge >= 0.3 is 6.03 Å². The van der Waals surface area contributed by atoms with E-state index in [-0.39, 0.29) is 23.3 Å². The van der Waals surface area contributed by atoms with Crippen molar-refractivity contribution in [2.45, 2.75) is 57.9 Å². The fourth-order valence-corrected chi connectivity index (χ4v) is 4.44. The van der Waals surface area contributed by atoms with Crippen LogP contribution in [0.2, 0.25) is 0 Å². The summed E-state index contributed by atoms with van der Waals surface area (Å²) in [7, 11) is -3.22. The molecule has 0 aliphatic rings. The van der Waals surface area contributed by atoms with Crippen molar-refractivity contribution in [3.8, 4) is 0 Å². The summed E-state index contributed by atoms with van der Waals surface area (Å²) in [6.07, 6.45) is 2.18. The van der Waals surface area contributed by atoms with Gasteiger partial charge in [-0.3, -0.25) is 0 Å². The Kier molecular flexibility index (Phi) is 13.5. The van der Waals surface area contributed by atoms with Crippen LogP contribution in [0.3, 0.4) is 0 Å². The number of carbonyl (C=O) groups is 1. The number of urea groups is 1. The van der Waals surface area contributed by atoms with Gasteiger partial charge in [0.05, 0.1) is 10.6 Å². The number of hydrogen-bond donors (Lipinski definition) is 1. The second-order valence-corrected chi connectivity index (χ2v) is 9.35. The average Bonchev–Trinajstić information content (AvgIpc) is 2.68. The molecule has 0 heterocycles. The summed E-state index contributed by atoms with van der Waals surface area (Å²) < 4.78 is 24.6. The molecule has 7 nitrogen and oxygen atoms in total. The van der Waals surface area contributed by atoms with E-state index in [0.29, 0.717) is 24.4 Å². The SMILES string of the molecule is CCN(CC)CCNC(=O)N(CCCCCS(=O)(=O)c1ccccc1)C(C)C.O. The first-order valence-electron chi connectivity index (χ1n) is 10.4. The summed E-state index contributed by atoms with van der Waals surface area (Å²) in [6.45, 7) is 12.3. The monoisotopic (exact) mass is 429 g/mol. The Morgan fingerprint density at radius 1 is 1.00 bits per heavy atom. The van der Waals surface area contributed by atoms with Crippen molar-refractivity contribution in [2.24, 2.45) is 0 Å². The molecular formula is C21H39N3O4S. The zero-order chi connectivity index (χ0) is 21.0. The number of amides is 2. The van der Waals surface area contributed by atoms with E-state index in [9.17, 15) is 13.2 Å². The molecule has 0 radical (unpaired) electrons.